The Morgan fingerprint density at radius 2 is 2.10 bits per heavy atom. The Bertz CT molecular complexity index is 821. The van der Waals surface area contributed by atoms with E-state index in [-0.39, 0.29) is 35.5 Å². The molecule has 1 aromatic carbocycles. The van der Waals surface area contributed by atoms with Crippen molar-refractivity contribution in [2.75, 3.05) is 26.7 Å². The maximum atomic E-state index is 13.9. The van der Waals surface area contributed by atoms with Crippen LogP contribution in [0.3, 0.4) is 0 Å². The van der Waals surface area contributed by atoms with Gasteiger partial charge in [-0.1, -0.05) is 6.07 Å². The second kappa shape index (κ2) is 12.0. The maximum absolute atomic E-state index is 13.9. The lowest BCUT2D eigenvalue weighted by Gasteiger charge is -2.33. The van der Waals surface area contributed by atoms with Crippen molar-refractivity contribution in [3.05, 3.63) is 41.7 Å². The number of nitrogens with one attached hydrogen (secondary N) is 2. The zero-order valence-electron chi connectivity index (χ0n) is 17.8. The third-order valence-corrected chi connectivity index (χ3v) is 5.08. The van der Waals surface area contributed by atoms with Crippen molar-refractivity contribution in [2.45, 2.75) is 38.9 Å². The second-order valence-corrected chi connectivity index (χ2v) is 7.16. The first-order valence-corrected chi connectivity index (χ1v) is 10.0. The lowest BCUT2D eigenvalue weighted by Crippen LogP contribution is -2.48. The summed E-state index contributed by atoms with van der Waals surface area (Å²) < 4.78 is 20.6. The quantitative estimate of drug-likeness (QED) is 0.325. The number of nitrogens with zero attached hydrogens (tertiary/aromatic N) is 5. The van der Waals surface area contributed by atoms with Gasteiger partial charge in [-0.3, -0.25) is 9.58 Å². The molecular weight excluding hydrogens is 500 g/mol. The van der Waals surface area contributed by atoms with Gasteiger partial charge in [0.2, 0.25) is 0 Å². The zero-order chi connectivity index (χ0) is 20.6. The topological polar surface area (TPSA) is 79.6 Å². The Kier molecular flexibility index (Phi) is 9.76. The minimum absolute atomic E-state index is 0. The van der Waals surface area contributed by atoms with Gasteiger partial charge in [-0.2, -0.15) is 5.10 Å². The van der Waals surface area contributed by atoms with Crippen LogP contribution in [0.1, 0.15) is 31.2 Å². The molecule has 2 N–H and O–H groups in total. The van der Waals surface area contributed by atoms with E-state index in [0.29, 0.717) is 12.6 Å². The van der Waals surface area contributed by atoms with Gasteiger partial charge in [0.05, 0.1) is 7.11 Å². The van der Waals surface area contributed by atoms with Gasteiger partial charge in [0.15, 0.2) is 17.5 Å². The largest absolute Gasteiger partial charge is 0.494 e. The molecule has 0 saturated carbocycles. The number of aliphatic imine (C=N–C) groups is 1. The minimum Gasteiger partial charge on any atom is -0.494 e. The molecule has 0 radical (unpaired) electrons. The van der Waals surface area contributed by atoms with Crippen molar-refractivity contribution in [3.8, 4) is 5.75 Å². The number of rotatable bonds is 7. The molecule has 10 heteroatoms. The maximum Gasteiger partial charge on any atom is 0.191 e. The normalized spacial score (nSPS) is 15.5. The van der Waals surface area contributed by atoms with Crippen molar-refractivity contribution in [1.29, 1.82) is 0 Å². The summed E-state index contributed by atoms with van der Waals surface area (Å²) in [5.41, 5.74) is 0.966. The van der Waals surface area contributed by atoms with Crippen molar-refractivity contribution < 1.29 is 9.13 Å². The standard InChI is InChI=1S/C20H30FN7O.HI/c1-4-22-20(23-12-19-24-14-25-27(19)2)26-16-7-9-28(10-8-16)13-15-5-6-18(29-3)17(21)11-15;/h5-6,11,14,16H,4,7-10,12-13H2,1-3H3,(H2,22,23,26);1H. The fraction of sp³-hybridized carbons (Fsp3) is 0.550. The number of ether oxygens (including phenoxy) is 1. The van der Waals surface area contributed by atoms with Gasteiger partial charge >= 0.3 is 0 Å². The highest BCUT2D eigenvalue weighted by atomic mass is 127. The van der Waals surface area contributed by atoms with Crippen LogP contribution >= 0.6 is 24.0 Å². The van der Waals surface area contributed by atoms with Crippen molar-refractivity contribution in [2.24, 2.45) is 12.0 Å². The van der Waals surface area contributed by atoms with E-state index >= 15 is 0 Å². The summed E-state index contributed by atoms with van der Waals surface area (Å²) in [5.74, 6) is 1.60. The molecule has 0 spiro atoms. The van der Waals surface area contributed by atoms with E-state index in [1.807, 2.05) is 13.1 Å². The summed E-state index contributed by atoms with van der Waals surface area (Å²) in [6, 6.07) is 5.53. The first-order chi connectivity index (χ1) is 14.1. The Balaban J connectivity index is 0.00000320. The van der Waals surface area contributed by atoms with E-state index in [1.165, 1.54) is 13.4 Å². The highest BCUT2D eigenvalue weighted by Crippen LogP contribution is 2.20. The molecule has 8 nitrogen and oxygen atoms in total. The van der Waals surface area contributed by atoms with E-state index in [1.54, 1.807) is 16.8 Å². The summed E-state index contributed by atoms with van der Waals surface area (Å²) in [5, 5.41) is 10.9. The van der Waals surface area contributed by atoms with E-state index < -0.39 is 0 Å². The lowest BCUT2D eigenvalue weighted by molar-refractivity contribution is 0.198. The average Bonchev–Trinajstić information content (AvgIpc) is 3.13. The van der Waals surface area contributed by atoms with Gasteiger partial charge in [-0.05, 0) is 37.5 Å². The SMILES string of the molecule is CCNC(=NCc1ncnn1C)NC1CCN(Cc2ccc(OC)c(F)c2)CC1.I. The molecule has 0 unspecified atom stereocenters. The number of benzene rings is 1. The molecule has 166 valence electrons. The molecule has 2 aromatic rings. The molecule has 30 heavy (non-hydrogen) atoms. The van der Waals surface area contributed by atoms with Gasteiger partial charge in [-0.15, -0.1) is 24.0 Å². The first-order valence-electron chi connectivity index (χ1n) is 10.0. The van der Waals surface area contributed by atoms with Gasteiger partial charge in [-0.25, -0.2) is 14.4 Å². The monoisotopic (exact) mass is 531 g/mol. The van der Waals surface area contributed by atoms with Crippen molar-refractivity contribution in [3.63, 3.8) is 0 Å². The van der Waals surface area contributed by atoms with Crippen LogP contribution in [0.5, 0.6) is 5.75 Å². The van der Waals surface area contributed by atoms with Gasteiger partial charge in [0.1, 0.15) is 18.7 Å². The van der Waals surface area contributed by atoms with Crippen LogP contribution in [-0.4, -0.2) is 58.4 Å². The molecule has 0 aliphatic carbocycles. The van der Waals surface area contributed by atoms with Crippen LogP contribution in [-0.2, 0) is 20.1 Å². The van der Waals surface area contributed by atoms with E-state index in [4.69, 9.17) is 4.74 Å². The number of hydrogen-bond acceptors (Lipinski definition) is 5. The smallest absolute Gasteiger partial charge is 0.191 e. The Morgan fingerprint density at radius 3 is 2.70 bits per heavy atom. The summed E-state index contributed by atoms with van der Waals surface area (Å²) in [4.78, 5) is 11.2. The Hall–Kier alpha value is -1.95. The Morgan fingerprint density at radius 1 is 1.33 bits per heavy atom. The number of hydrogen-bond donors (Lipinski definition) is 2. The van der Waals surface area contributed by atoms with E-state index in [0.717, 1.165) is 56.4 Å². The number of methoxy groups -OCH3 is 1. The predicted octanol–water partition coefficient (Wildman–Crippen LogP) is 2.30. The summed E-state index contributed by atoms with van der Waals surface area (Å²) >= 11 is 0. The fourth-order valence-electron chi connectivity index (χ4n) is 3.43. The average molecular weight is 531 g/mol. The van der Waals surface area contributed by atoms with Crippen LogP contribution in [0.2, 0.25) is 0 Å². The first kappa shape index (κ1) is 24.3. The number of halogens is 2. The van der Waals surface area contributed by atoms with Gasteiger partial charge in [0.25, 0.3) is 0 Å². The predicted molar refractivity (Wildman–Crippen MR) is 126 cm³/mol. The van der Waals surface area contributed by atoms with Crippen molar-refractivity contribution >= 4 is 29.9 Å². The van der Waals surface area contributed by atoms with Crippen LogP contribution in [0.4, 0.5) is 4.39 Å². The number of likely N-dealkylation sites (tertiary alicyclic amines) is 1. The van der Waals surface area contributed by atoms with Gasteiger partial charge in [0, 0.05) is 39.3 Å². The second-order valence-electron chi connectivity index (χ2n) is 7.16. The molecule has 0 atom stereocenters. The minimum atomic E-state index is -0.309. The molecular formula is C20H31FIN7O. The van der Waals surface area contributed by atoms with Crippen LogP contribution < -0.4 is 15.4 Å². The molecule has 2 heterocycles. The molecule has 1 aliphatic heterocycles. The third-order valence-electron chi connectivity index (χ3n) is 5.08. The Labute approximate surface area is 194 Å². The number of aromatic nitrogens is 3. The lowest BCUT2D eigenvalue weighted by atomic mass is 10.0. The van der Waals surface area contributed by atoms with Crippen LogP contribution in [0.15, 0.2) is 29.5 Å². The number of guanidine groups is 1. The van der Waals surface area contributed by atoms with E-state index in [9.17, 15) is 4.39 Å². The number of piperidine rings is 1. The summed E-state index contributed by atoms with van der Waals surface area (Å²) in [6.07, 6.45) is 3.55. The molecule has 1 aromatic heterocycles. The summed E-state index contributed by atoms with van der Waals surface area (Å²) in [7, 11) is 3.34. The molecule has 0 bridgehead atoms. The third kappa shape index (κ3) is 6.79. The highest BCUT2D eigenvalue weighted by molar-refractivity contribution is 14.0. The number of aryl methyl sites for hydroxylation is 1. The van der Waals surface area contributed by atoms with Gasteiger partial charge < -0.3 is 15.4 Å². The molecule has 1 aliphatic rings. The zero-order valence-corrected chi connectivity index (χ0v) is 20.1. The van der Waals surface area contributed by atoms with Crippen LogP contribution in [0.25, 0.3) is 0 Å². The van der Waals surface area contributed by atoms with Crippen molar-refractivity contribution in [1.82, 2.24) is 30.3 Å². The molecule has 3 rings (SSSR count). The summed E-state index contributed by atoms with van der Waals surface area (Å²) in [6.45, 7) is 5.98. The molecule has 1 saturated heterocycles. The van der Waals surface area contributed by atoms with E-state index in [2.05, 4.69) is 37.5 Å². The molecule has 1 fully saturated rings. The van der Waals surface area contributed by atoms with Crippen LogP contribution in [0, 0.1) is 5.82 Å². The fourth-order valence-corrected chi connectivity index (χ4v) is 3.43. The molecule has 0 amide bonds. The highest BCUT2D eigenvalue weighted by Gasteiger charge is 2.20.